The minimum atomic E-state index is 0.555. The topological polar surface area (TPSA) is 3.88 Å². The van der Waals surface area contributed by atoms with E-state index in [9.17, 15) is 0 Å². The predicted molar refractivity (Wildman–Crippen MR) is 194 cm³/mol. The number of unbranched alkanes of at least 4 members (excludes halogenated alkanes) is 28. The normalized spacial score (nSPS) is 11.7. The zero-order valence-corrected chi connectivity index (χ0v) is 30.4. The van der Waals surface area contributed by atoms with E-state index >= 15 is 0 Å². The third kappa shape index (κ3) is 25.1. The molecule has 0 radical (unpaired) electrons. The van der Waals surface area contributed by atoms with Crippen molar-refractivity contribution in [2.24, 2.45) is 0 Å². The third-order valence-electron chi connectivity index (χ3n) is 9.86. The van der Waals surface area contributed by atoms with E-state index in [1.807, 2.05) is 0 Å². The molecule has 1 rings (SSSR count). The second-order valence-corrected chi connectivity index (χ2v) is 14.4. The van der Waals surface area contributed by atoms with Gasteiger partial charge >= 0.3 is 0 Å². The highest BCUT2D eigenvalue weighted by atomic mass is 15.0. The van der Waals surface area contributed by atoms with Gasteiger partial charge in [0, 0.05) is 11.6 Å². The molecule has 1 nitrogen and oxygen atoms in total. The standard InChI is InChI=1S/C42H80N/c1-5-7-9-11-13-15-17-19-21-23-25-27-29-31-33-35-41-37-38-43(40(3)4)39-42(41)36-34-32-30-28-26-24-22-20-18-16-14-12-10-8-6-2/h37-40H,5-36H2,1-4H3/q+1. The highest BCUT2D eigenvalue weighted by Gasteiger charge is 2.12. The maximum absolute atomic E-state index is 2.48. The van der Waals surface area contributed by atoms with Gasteiger partial charge in [0.15, 0.2) is 18.4 Å². The van der Waals surface area contributed by atoms with Crippen LogP contribution in [0.5, 0.6) is 0 Å². The van der Waals surface area contributed by atoms with Crippen molar-refractivity contribution < 1.29 is 4.57 Å². The number of aryl methyl sites for hydroxylation is 2. The summed E-state index contributed by atoms with van der Waals surface area (Å²) in [6.45, 7) is 9.24. The van der Waals surface area contributed by atoms with Crippen molar-refractivity contribution in [1.82, 2.24) is 0 Å². The van der Waals surface area contributed by atoms with Gasteiger partial charge < -0.3 is 0 Å². The number of hydrogen-bond acceptors (Lipinski definition) is 0. The molecule has 0 atom stereocenters. The lowest BCUT2D eigenvalue weighted by atomic mass is 9.97. The summed E-state index contributed by atoms with van der Waals surface area (Å²) in [7, 11) is 0. The highest BCUT2D eigenvalue weighted by Crippen LogP contribution is 2.19. The van der Waals surface area contributed by atoms with Gasteiger partial charge in [0.25, 0.3) is 0 Å². The van der Waals surface area contributed by atoms with Crippen LogP contribution in [0.2, 0.25) is 0 Å². The molecule has 0 saturated heterocycles. The van der Waals surface area contributed by atoms with E-state index in [2.05, 4.69) is 50.7 Å². The Hall–Kier alpha value is -0.850. The van der Waals surface area contributed by atoms with Crippen LogP contribution in [0.25, 0.3) is 0 Å². The van der Waals surface area contributed by atoms with Crippen molar-refractivity contribution in [2.45, 2.75) is 239 Å². The lowest BCUT2D eigenvalue weighted by Crippen LogP contribution is -2.36. The molecule has 0 spiro atoms. The molecule has 252 valence electrons. The maximum Gasteiger partial charge on any atom is 0.172 e. The van der Waals surface area contributed by atoms with E-state index in [0.29, 0.717) is 6.04 Å². The summed E-state index contributed by atoms with van der Waals surface area (Å²) in [5.74, 6) is 0. The lowest BCUT2D eigenvalue weighted by molar-refractivity contribution is -0.716. The fourth-order valence-corrected chi connectivity index (χ4v) is 6.75. The van der Waals surface area contributed by atoms with Crippen LogP contribution >= 0.6 is 0 Å². The smallest absolute Gasteiger partial charge is 0.172 e. The van der Waals surface area contributed by atoms with Crippen LogP contribution in [0.1, 0.15) is 237 Å². The first-order valence-corrected chi connectivity index (χ1v) is 20.2. The molecule has 0 saturated carbocycles. The summed E-state index contributed by atoms with van der Waals surface area (Å²) in [5.41, 5.74) is 3.27. The molecule has 0 bridgehead atoms. The zero-order chi connectivity index (χ0) is 31.1. The van der Waals surface area contributed by atoms with Gasteiger partial charge in [-0.1, -0.05) is 194 Å². The quantitative estimate of drug-likeness (QED) is 0.0559. The Balaban J connectivity index is 2.08. The van der Waals surface area contributed by atoms with Crippen molar-refractivity contribution in [2.75, 3.05) is 0 Å². The molecule has 43 heavy (non-hydrogen) atoms. The molecule has 0 N–H and O–H groups in total. The Morgan fingerprint density at radius 2 is 0.674 bits per heavy atom. The maximum atomic E-state index is 2.48. The molecule has 0 unspecified atom stereocenters. The molecule has 0 aliphatic heterocycles. The third-order valence-corrected chi connectivity index (χ3v) is 9.86. The Labute approximate surface area is 272 Å². The average molecular weight is 599 g/mol. The van der Waals surface area contributed by atoms with E-state index < -0.39 is 0 Å². The summed E-state index contributed by atoms with van der Waals surface area (Å²) in [6.07, 6.45) is 50.7. The lowest BCUT2D eigenvalue weighted by Gasteiger charge is -2.10. The molecule has 0 aliphatic rings. The first-order chi connectivity index (χ1) is 21.2. The van der Waals surface area contributed by atoms with Crippen LogP contribution < -0.4 is 4.57 Å². The summed E-state index contributed by atoms with van der Waals surface area (Å²) in [6, 6.07) is 3.00. The van der Waals surface area contributed by atoms with Crippen molar-refractivity contribution in [3.05, 3.63) is 29.6 Å². The number of rotatable bonds is 33. The van der Waals surface area contributed by atoms with Gasteiger partial charge in [-0.15, -0.1) is 0 Å². The predicted octanol–water partition coefficient (Wildman–Crippen LogP) is 14.4. The Morgan fingerprint density at radius 3 is 0.977 bits per heavy atom. The summed E-state index contributed by atoms with van der Waals surface area (Å²) < 4.78 is 2.43. The molecule has 1 aromatic rings. The molecular weight excluding hydrogens is 518 g/mol. The minimum Gasteiger partial charge on any atom is -0.203 e. The van der Waals surface area contributed by atoms with E-state index in [1.165, 1.54) is 205 Å². The van der Waals surface area contributed by atoms with Crippen molar-refractivity contribution in [1.29, 1.82) is 0 Å². The number of aromatic nitrogens is 1. The second-order valence-electron chi connectivity index (χ2n) is 14.4. The Bertz CT molecular complexity index is 692. The zero-order valence-electron chi connectivity index (χ0n) is 30.4. The molecule has 0 amide bonds. The van der Waals surface area contributed by atoms with E-state index in [0.717, 1.165) is 0 Å². The van der Waals surface area contributed by atoms with Crippen LogP contribution in [-0.2, 0) is 12.8 Å². The summed E-state index contributed by atoms with van der Waals surface area (Å²) in [4.78, 5) is 0. The first kappa shape index (κ1) is 40.2. The molecular formula is C42H80N+. The van der Waals surface area contributed by atoms with Crippen LogP contribution in [0.15, 0.2) is 18.5 Å². The van der Waals surface area contributed by atoms with Crippen LogP contribution in [0.3, 0.4) is 0 Å². The van der Waals surface area contributed by atoms with Crippen LogP contribution in [0, 0.1) is 0 Å². The van der Waals surface area contributed by atoms with Gasteiger partial charge in [0.2, 0.25) is 0 Å². The van der Waals surface area contributed by atoms with Crippen molar-refractivity contribution >= 4 is 0 Å². The largest absolute Gasteiger partial charge is 0.203 e. The fraction of sp³-hybridized carbons (Fsp3) is 0.881. The molecule has 0 aliphatic carbocycles. The fourth-order valence-electron chi connectivity index (χ4n) is 6.75. The number of nitrogens with zero attached hydrogens (tertiary/aromatic N) is 1. The SMILES string of the molecule is CCCCCCCCCCCCCCCCCc1cc[n+](C(C)C)cc1CCCCCCCCCCCCCCCCC. The van der Waals surface area contributed by atoms with Gasteiger partial charge in [-0.2, -0.15) is 0 Å². The monoisotopic (exact) mass is 599 g/mol. The number of hydrogen-bond donors (Lipinski definition) is 0. The van der Waals surface area contributed by atoms with E-state index in [-0.39, 0.29) is 0 Å². The van der Waals surface area contributed by atoms with Gasteiger partial charge in [-0.3, -0.25) is 0 Å². The highest BCUT2D eigenvalue weighted by molar-refractivity contribution is 5.21. The van der Waals surface area contributed by atoms with Gasteiger partial charge in [0.1, 0.15) is 0 Å². The van der Waals surface area contributed by atoms with Gasteiger partial charge in [0.05, 0.1) is 0 Å². The van der Waals surface area contributed by atoms with E-state index in [1.54, 1.807) is 11.1 Å². The molecule has 0 fully saturated rings. The van der Waals surface area contributed by atoms with Gasteiger partial charge in [-0.05, 0) is 45.1 Å². The van der Waals surface area contributed by atoms with Crippen LogP contribution in [-0.4, -0.2) is 0 Å². The molecule has 1 heteroatoms. The van der Waals surface area contributed by atoms with E-state index in [4.69, 9.17) is 0 Å². The van der Waals surface area contributed by atoms with Crippen molar-refractivity contribution in [3.8, 4) is 0 Å². The average Bonchev–Trinajstić information content (AvgIpc) is 3.01. The molecule has 1 heterocycles. The summed E-state index contributed by atoms with van der Waals surface area (Å²) >= 11 is 0. The Morgan fingerprint density at radius 1 is 0.395 bits per heavy atom. The second kappa shape index (κ2) is 31.1. The first-order valence-electron chi connectivity index (χ1n) is 20.2. The summed E-state index contributed by atoms with van der Waals surface area (Å²) in [5, 5.41) is 0. The molecule has 1 aromatic heterocycles. The van der Waals surface area contributed by atoms with Crippen molar-refractivity contribution in [3.63, 3.8) is 0 Å². The number of pyridine rings is 1. The molecule has 0 aromatic carbocycles. The minimum absolute atomic E-state index is 0.555. The Kier molecular flexibility index (Phi) is 29.1. The van der Waals surface area contributed by atoms with Crippen LogP contribution in [0.4, 0.5) is 0 Å². The van der Waals surface area contributed by atoms with Gasteiger partial charge in [-0.25, -0.2) is 4.57 Å².